The van der Waals surface area contributed by atoms with E-state index in [9.17, 15) is 0 Å². The van der Waals surface area contributed by atoms with Crippen LogP contribution in [0, 0.1) is 6.33 Å². The second kappa shape index (κ2) is 9.28. The van der Waals surface area contributed by atoms with E-state index < -0.39 is 0 Å². The maximum atomic E-state index is 4.90. The molecule has 0 aliphatic heterocycles. The molecule has 35 heavy (non-hydrogen) atoms. The zero-order valence-electron chi connectivity index (χ0n) is 19.2. The zero-order chi connectivity index (χ0) is 23.5. The summed E-state index contributed by atoms with van der Waals surface area (Å²) in [5, 5.41) is 0. The zero-order valence-corrected chi connectivity index (χ0v) is 19.2. The summed E-state index contributed by atoms with van der Waals surface area (Å²) in [6.45, 7) is 0. The van der Waals surface area contributed by atoms with Crippen LogP contribution in [-0.2, 0) is 0 Å². The van der Waals surface area contributed by atoms with Crippen molar-refractivity contribution in [1.82, 2.24) is 9.55 Å². The van der Waals surface area contributed by atoms with Gasteiger partial charge in [-0.1, -0.05) is 127 Å². The van der Waals surface area contributed by atoms with Gasteiger partial charge in [-0.15, -0.1) is 0 Å². The molecule has 1 radical (unpaired) electrons. The van der Waals surface area contributed by atoms with Crippen LogP contribution < -0.4 is 0 Å². The quantitative estimate of drug-likeness (QED) is 0.260. The molecule has 1 aromatic heterocycles. The highest BCUT2D eigenvalue weighted by molar-refractivity contribution is 5.93. The molecule has 0 unspecified atom stereocenters. The lowest BCUT2D eigenvalue weighted by Gasteiger charge is -2.16. The Hall–Kier alpha value is -4.69. The largest absolute Gasteiger partial charge is 0.289 e. The molecule has 0 fully saturated rings. The van der Waals surface area contributed by atoms with Crippen molar-refractivity contribution >= 4 is 0 Å². The first kappa shape index (κ1) is 20.9. The third-order valence-corrected chi connectivity index (χ3v) is 6.26. The minimum atomic E-state index is 0.914. The van der Waals surface area contributed by atoms with Gasteiger partial charge in [0.25, 0.3) is 0 Å². The average molecular weight is 448 g/mol. The van der Waals surface area contributed by atoms with Gasteiger partial charge in [0.1, 0.15) is 0 Å². The second-order valence-corrected chi connectivity index (χ2v) is 8.40. The average Bonchev–Trinajstić information content (AvgIpc) is 3.39. The molecule has 0 saturated heterocycles. The molecule has 0 bridgehead atoms. The van der Waals surface area contributed by atoms with Crippen LogP contribution in [0.1, 0.15) is 0 Å². The van der Waals surface area contributed by atoms with Gasteiger partial charge >= 0.3 is 0 Å². The van der Waals surface area contributed by atoms with Gasteiger partial charge in [0.15, 0.2) is 6.33 Å². The maximum Gasteiger partial charge on any atom is 0.182 e. The highest BCUT2D eigenvalue weighted by Gasteiger charge is 2.21. The van der Waals surface area contributed by atoms with Gasteiger partial charge in [0.05, 0.1) is 11.4 Å². The van der Waals surface area contributed by atoms with Crippen molar-refractivity contribution in [1.29, 1.82) is 0 Å². The molecule has 0 saturated carbocycles. The van der Waals surface area contributed by atoms with Crippen LogP contribution in [0.15, 0.2) is 140 Å². The van der Waals surface area contributed by atoms with Gasteiger partial charge < -0.3 is 0 Å². The van der Waals surface area contributed by atoms with Gasteiger partial charge in [-0.3, -0.25) is 4.57 Å². The third kappa shape index (κ3) is 3.96. The standard InChI is InChI=1S/C33H23N2/c1-4-14-25(15-5-1)28-20-10-12-22-30(28)32-33(35(24-34-32)27-18-8-3-9-19-27)31-23-13-11-21-29(31)26-16-6-2-7-17-26/h1-23H. The molecule has 6 rings (SSSR count). The SMILES string of the molecule is [c]1nc(-c2ccccc2-c2ccccc2)c(-c2ccccc2-c2ccccc2)n1-c1ccccc1. The molecule has 0 aliphatic rings. The Labute approximate surface area is 205 Å². The molecule has 0 atom stereocenters. The first-order chi connectivity index (χ1) is 17.4. The topological polar surface area (TPSA) is 17.8 Å². The maximum absolute atomic E-state index is 4.90. The Morgan fingerprint density at radius 3 is 1.43 bits per heavy atom. The lowest BCUT2D eigenvalue weighted by Crippen LogP contribution is -1.98. The summed E-state index contributed by atoms with van der Waals surface area (Å²) in [6, 6.07) is 48.4. The molecule has 0 spiro atoms. The molecule has 0 aliphatic carbocycles. The van der Waals surface area contributed by atoms with E-state index in [4.69, 9.17) is 4.98 Å². The Morgan fingerprint density at radius 2 is 0.857 bits per heavy atom. The summed E-state index contributed by atoms with van der Waals surface area (Å²) in [6.07, 6.45) is 3.31. The fourth-order valence-electron chi connectivity index (χ4n) is 4.63. The molecule has 2 heteroatoms. The van der Waals surface area contributed by atoms with E-state index in [-0.39, 0.29) is 0 Å². The summed E-state index contributed by atoms with van der Waals surface area (Å²) >= 11 is 0. The van der Waals surface area contributed by atoms with Crippen molar-refractivity contribution < 1.29 is 0 Å². The van der Waals surface area contributed by atoms with Crippen LogP contribution in [0.25, 0.3) is 50.5 Å². The number of nitrogens with zero attached hydrogens (tertiary/aromatic N) is 2. The third-order valence-electron chi connectivity index (χ3n) is 6.26. The van der Waals surface area contributed by atoms with Crippen LogP contribution in [-0.4, -0.2) is 9.55 Å². The van der Waals surface area contributed by atoms with Crippen LogP contribution in [0.5, 0.6) is 0 Å². The monoisotopic (exact) mass is 447 g/mol. The number of hydrogen-bond acceptors (Lipinski definition) is 1. The molecule has 6 aromatic rings. The summed E-state index contributed by atoms with van der Waals surface area (Å²) < 4.78 is 2.08. The van der Waals surface area contributed by atoms with E-state index in [0.29, 0.717) is 0 Å². The lowest BCUT2D eigenvalue weighted by molar-refractivity contribution is 1.05. The van der Waals surface area contributed by atoms with Crippen molar-refractivity contribution in [2.45, 2.75) is 0 Å². The fraction of sp³-hybridized carbons (Fsp3) is 0. The Morgan fingerprint density at radius 1 is 0.429 bits per heavy atom. The number of aromatic nitrogens is 2. The molecule has 5 aromatic carbocycles. The van der Waals surface area contributed by atoms with E-state index >= 15 is 0 Å². The smallest absolute Gasteiger partial charge is 0.182 e. The van der Waals surface area contributed by atoms with Crippen molar-refractivity contribution in [3.8, 4) is 50.5 Å². The number of para-hydroxylation sites is 1. The van der Waals surface area contributed by atoms with Crippen LogP contribution >= 0.6 is 0 Å². The predicted molar refractivity (Wildman–Crippen MR) is 144 cm³/mol. The van der Waals surface area contributed by atoms with E-state index in [0.717, 1.165) is 39.3 Å². The minimum Gasteiger partial charge on any atom is -0.289 e. The van der Waals surface area contributed by atoms with Crippen molar-refractivity contribution in [3.63, 3.8) is 0 Å². The molecule has 2 nitrogen and oxygen atoms in total. The minimum absolute atomic E-state index is 0.914. The van der Waals surface area contributed by atoms with E-state index in [1.165, 1.54) is 11.1 Å². The predicted octanol–water partition coefficient (Wildman–Crippen LogP) is 8.34. The highest BCUT2D eigenvalue weighted by atomic mass is 15.1. The summed E-state index contributed by atoms with van der Waals surface area (Å²) in [5.41, 5.74) is 9.83. The summed E-state index contributed by atoms with van der Waals surface area (Å²) in [7, 11) is 0. The van der Waals surface area contributed by atoms with E-state index in [2.05, 4.69) is 126 Å². The molecule has 0 N–H and O–H groups in total. The van der Waals surface area contributed by atoms with Gasteiger partial charge in [-0.05, 0) is 34.4 Å². The van der Waals surface area contributed by atoms with Gasteiger partial charge in [0, 0.05) is 16.8 Å². The Bertz CT molecular complexity index is 1570. The number of rotatable bonds is 5. The van der Waals surface area contributed by atoms with Crippen molar-refractivity contribution in [2.24, 2.45) is 0 Å². The highest BCUT2D eigenvalue weighted by Crippen LogP contribution is 2.41. The van der Waals surface area contributed by atoms with Crippen LogP contribution in [0.4, 0.5) is 0 Å². The van der Waals surface area contributed by atoms with Gasteiger partial charge in [-0.25, -0.2) is 4.98 Å². The number of hydrogen-bond donors (Lipinski definition) is 0. The van der Waals surface area contributed by atoms with Gasteiger partial charge in [0.2, 0.25) is 0 Å². The molecule has 1 heterocycles. The summed E-state index contributed by atoms with van der Waals surface area (Å²) in [5.74, 6) is 0. The lowest BCUT2D eigenvalue weighted by atomic mass is 9.92. The van der Waals surface area contributed by atoms with Crippen molar-refractivity contribution in [3.05, 3.63) is 146 Å². The van der Waals surface area contributed by atoms with Crippen LogP contribution in [0.3, 0.4) is 0 Å². The number of benzene rings is 5. The molecular formula is C33H23N2. The number of imidazole rings is 1. The Balaban J connectivity index is 1.65. The molecule has 0 amide bonds. The Kier molecular flexibility index (Phi) is 5.54. The van der Waals surface area contributed by atoms with E-state index in [1.54, 1.807) is 0 Å². The van der Waals surface area contributed by atoms with Gasteiger partial charge in [-0.2, -0.15) is 0 Å². The van der Waals surface area contributed by atoms with Crippen LogP contribution in [0.2, 0.25) is 0 Å². The molecular weight excluding hydrogens is 424 g/mol. The normalized spacial score (nSPS) is 10.9. The fourth-order valence-corrected chi connectivity index (χ4v) is 4.63. The van der Waals surface area contributed by atoms with Crippen molar-refractivity contribution in [2.75, 3.05) is 0 Å². The summed E-state index contributed by atoms with van der Waals surface area (Å²) in [4.78, 5) is 4.90. The molecule has 165 valence electrons. The van der Waals surface area contributed by atoms with E-state index in [1.807, 2.05) is 24.3 Å². The second-order valence-electron chi connectivity index (χ2n) is 8.40. The first-order valence-electron chi connectivity index (χ1n) is 11.8. The first-order valence-corrected chi connectivity index (χ1v) is 11.8.